The number of piperidine rings is 1. The monoisotopic (exact) mass is 402 g/mol. The number of amides is 2. The predicted molar refractivity (Wildman–Crippen MR) is 105 cm³/mol. The van der Waals surface area contributed by atoms with E-state index in [9.17, 15) is 9.59 Å². The molecule has 0 aliphatic carbocycles. The molecule has 0 atom stereocenters. The van der Waals surface area contributed by atoms with Gasteiger partial charge in [-0.3, -0.25) is 14.6 Å². The molecule has 0 spiro atoms. The van der Waals surface area contributed by atoms with Gasteiger partial charge in [-0.25, -0.2) is 4.98 Å². The largest absolute Gasteiger partial charge is 0.492 e. The van der Waals surface area contributed by atoms with E-state index in [1.54, 1.807) is 17.0 Å². The number of hydrogen-bond donors (Lipinski definition) is 1. The fourth-order valence-electron chi connectivity index (χ4n) is 3.07. The molecule has 1 N–H and O–H groups in total. The quantitative estimate of drug-likeness (QED) is 0.720. The van der Waals surface area contributed by atoms with Crippen LogP contribution in [-0.2, 0) is 4.79 Å². The summed E-state index contributed by atoms with van der Waals surface area (Å²) in [7, 11) is 0. The van der Waals surface area contributed by atoms with Crippen LogP contribution < -0.4 is 10.1 Å². The highest BCUT2D eigenvalue weighted by Crippen LogP contribution is 2.23. The lowest BCUT2D eigenvalue weighted by atomic mass is 10.0. The van der Waals surface area contributed by atoms with Crippen molar-refractivity contribution in [1.29, 1.82) is 0 Å². The molecule has 148 valence electrons. The predicted octanol–water partition coefficient (Wildman–Crippen LogP) is 2.71. The van der Waals surface area contributed by atoms with Crippen LogP contribution in [0, 0.1) is 0 Å². The minimum Gasteiger partial charge on any atom is -0.492 e. The molecular formula is C20H23ClN4O3. The van der Waals surface area contributed by atoms with Gasteiger partial charge >= 0.3 is 0 Å². The minimum atomic E-state index is -0.116. The average Bonchev–Trinajstić information content (AvgIpc) is 2.73. The molecule has 1 fully saturated rings. The Morgan fingerprint density at radius 1 is 1.21 bits per heavy atom. The van der Waals surface area contributed by atoms with Crippen molar-refractivity contribution in [1.82, 2.24) is 20.2 Å². The highest BCUT2D eigenvalue weighted by atomic mass is 35.5. The van der Waals surface area contributed by atoms with Crippen molar-refractivity contribution in [3.63, 3.8) is 0 Å². The fraction of sp³-hybridized carbons (Fsp3) is 0.400. The number of nitrogens with zero attached hydrogens (tertiary/aromatic N) is 3. The van der Waals surface area contributed by atoms with E-state index < -0.39 is 0 Å². The normalized spacial score (nSPS) is 14.5. The third-order valence-electron chi connectivity index (χ3n) is 4.57. The first-order chi connectivity index (χ1) is 13.6. The topological polar surface area (TPSA) is 84.4 Å². The van der Waals surface area contributed by atoms with Gasteiger partial charge in [0.1, 0.15) is 11.4 Å². The number of benzene rings is 1. The highest BCUT2D eigenvalue weighted by Gasteiger charge is 2.25. The first-order valence-electron chi connectivity index (χ1n) is 9.35. The van der Waals surface area contributed by atoms with Crippen LogP contribution in [0.25, 0.3) is 0 Å². The summed E-state index contributed by atoms with van der Waals surface area (Å²) in [6, 6.07) is 7.36. The molecule has 2 amide bonds. The number of rotatable bonds is 7. The second-order valence-electron chi connectivity index (χ2n) is 6.61. The molecule has 1 aliphatic heterocycles. The maximum absolute atomic E-state index is 12.4. The molecule has 2 heterocycles. The summed E-state index contributed by atoms with van der Waals surface area (Å²) in [5.41, 5.74) is 0.350. The molecule has 28 heavy (non-hydrogen) atoms. The summed E-state index contributed by atoms with van der Waals surface area (Å²) < 4.78 is 5.59. The van der Waals surface area contributed by atoms with Crippen molar-refractivity contribution in [2.45, 2.75) is 31.7 Å². The van der Waals surface area contributed by atoms with Gasteiger partial charge in [0.15, 0.2) is 0 Å². The zero-order valence-electron chi connectivity index (χ0n) is 15.5. The Balaban J connectivity index is 1.34. The van der Waals surface area contributed by atoms with Gasteiger partial charge in [0.2, 0.25) is 5.91 Å². The second-order valence-corrected chi connectivity index (χ2v) is 7.01. The molecular weight excluding hydrogens is 380 g/mol. The molecule has 0 saturated carbocycles. The Labute approximate surface area is 169 Å². The number of carbonyl (C=O) groups excluding carboxylic acids is 2. The van der Waals surface area contributed by atoms with E-state index in [0.29, 0.717) is 49.0 Å². The van der Waals surface area contributed by atoms with Crippen LogP contribution in [-0.4, -0.2) is 52.4 Å². The number of likely N-dealkylation sites (tertiary alicyclic amines) is 1. The second kappa shape index (κ2) is 10.0. The molecule has 0 unspecified atom stereocenters. The Bertz CT molecular complexity index is 795. The van der Waals surface area contributed by atoms with Crippen LogP contribution in [0.5, 0.6) is 5.75 Å². The zero-order valence-corrected chi connectivity index (χ0v) is 16.3. The van der Waals surface area contributed by atoms with Crippen molar-refractivity contribution in [2.24, 2.45) is 0 Å². The molecule has 1 aromatic carbocycles. The summed E-state index contributed by atoms with van der Waals surface area (Å²) in [6.45, 7) is 1.62. The average molecular weight is 403 g/mol. The van der Waals surface area contributed by atoms with Gasteiger partial charge in [0.25, 0.3) is 5.91 Å². The van der Waals surface area contributed by atoms with Crippen molar-refractivity contribution in [3.05, 3.63) is 53.6 Å². The van der Waals surface area contributed by atoms with Crippen LogP contribution in [0.2, 0.25) is 5.02 Å². The van der Waals surface area contributed by atoms with Crippen LogP contribution >= 0.6 is 11.6 Å². The van der Waals surface area contributed by atoms with Crippen LogP contribution in [0.3, 0.4) is 0 Å². The van der Waals surface area contributed by atoms with E-state index in [4.69, 9.17) is 16.3 Å². The SMILES string of the molecule is O=C(CCCOc1ccccc1Cl)NC1CCN(C(=O)c2cnccn2)CC1. The van der Waals surface area contributed by atoms with Crippen LogP contribution in [0.15, 0.2) is 42.9 Å². The number of nitrogens with one attached hydrogen (secondary N) is 1. The van der Waals surface area contributed by atoms with Gasteiger partial charge in [-0.1, -0.05) is 23.7 Å². The van der Waals surface area contributed by atoms with E-state index in [1.807, 2.05) is 12.1 Å². The lowest BCUT2D eigenvalue weighted by Crippen LogP contribution is -2.46. The van der Waals surface area contributed by atoms with Gasteiger partial charge in [-0.15, -0.1) is 0 Å². The summed E-state index contributed by atoms with van der Waals surface area (Å²) in [5, 5.41) is 3.61. The maximum atomic E-state index is 12.4. The summed E-state index contributed by atoms with van der Waals surface area (Å²) in [4.78, 5) is 34.2. The molecule has 1 saturated heterocycles. The molecule has 0 radical (unpaired) electrons. The molecule has 1 aliphatic rings. The number of carbonyl (C=O) groups is 2. The molecule has 1 aromatic heterocycles. The van der Waals surface area contributed by atoms with Crippen LogP contribution in [0.1, 0.15) is 36.2 Å². The van der Waals surface area contributed by atoms with Crippen molar-refractivity contribution < 1.29 is 14.3 Å². The highest BCUT2D eigenvalue weighted by molar-refractivity contribution is 6.32. The lowest BCUT2D eigenvalue weighted by molar-refractivity contribution is -0.122. The molecule has 3 rings (SSSR count). The van der Waals surface area contributed by atoms with Gasteiger partial charge in [0, 0.05) is 37.9 Å². The van der Waals surface area contributed by atoms with E-state index in [1.165, 1.54) is 18.6 Å². The fourth-order valence-corrected chi connectivity index (χ4v) is 3.27. The van der Waals surface area contributed by atoms with Gasteiger partial charge in [-0.2, -0.15) is 0 Å². The first-order valence-corrected chi connectivity index (χ1v) is 9.73. The van der Waals surface area contributed by atoms with Crippen molar-refractivity contribution >= 4 is 23.4 Å². The number of aromatic nitrogens is 2. The lowest BCUT2D eigenvalue weighted by Gasteiger charge is -2.32. The Morgan fingerprint density at radius 3 is 2.71 bits per heavy atom. The Kier molecular flexibility index (Phi) is 7.19. The Hall–Kier alpha value is -2.67. The first kappa shape index (κ1) is 20.1. The number of ether oxygens (including phenoxy) is 1. The summed E-state index contributed by atoms with van der Waals surface area (Å²) in [5.74, 6) is 0.515. The third kappa shape index (κ3) is 5.66. The smallest absolute Gasteiger partial charge is 0.274 e. The number of hydrogen-bond acceptors (Lipinski definition) is 5. The van der Waals surface area contributed by atoms with E-state index in [2.05, 4.69) is 15.3 Å². The summed E-state index contributed by atoms with van der Waals surface area (Å²) in [6.07, 6.45) is 6.99. The molecule has 2 aromatic rings. The Morgan fingerprint density at radius 2 is 2.00 bits per heavy atom. The minimum absolute atomic E-state index is 0.00135. The van der Waals surface area contributed by atoms with Crippen molar-refractivity contribution in [3.8, 4) is 5.75 Å². The number of para-hydroxylation sites is 1. The third-order valence-corrected chi connectivity index (χ3v) is 4.88. The maximum Gasteiger partial charge on any atom is 0.274 e. The van der Waals surface area contributed by atoms with Gasteiger partial charge in [0.05, 0.1) is 17.8 Å². The van der Waals surface area contributed by atoms with E-state index >= 15 is 0 Å². The molecule has 8 heteroatoms. The number of halogens is 1. The van der Waals surface area contributed by atoms with E-state index in [-0.39, 0.29) is 17.9 Å². The van der Waals surface area contributed by atoms with Crippen molar-refractivity contribution in [2.75, 3.05) is 19.7 Å². The van der Waals surface area contributed by atoms with Crippen LogP contribution in [0.4, 0.5) is 0 Å². The van der Waals surface area contributed by atoms with Gasteiger partial charge in [-0.05, 0) is 31.4 Å². The molecule has 0 bridgehead atoms. The standard InChI is InChI=1S/C20H23ClN4O3/c21-16-4-1-2-5-18(16)28-13-3-6-19(26)24-15-7-11-25(12-8-15)20(27)17-14-22-9-10-23-17/h1-2,4-5,9-10,14-15H,3,6-8,11-13H2,(H,24,26). The zero-order chi connectivity index (χ0) is 19.8. The van der Waals surface area contributed by atoms with Gasteiger partial charge < -0.3 is 15.0 Å². The molecule has 7 nitrogen and oxygen atoms in total. The summed E-state index contributed by atoms with van der Waals surface area (Å²) >= 11 is 6.03. The van der Waals surface area contributed by atoms with E-state index in [0.717, 1.165) is 12.8 Å².